The maximum absolute atomic E-state index is 9.14. The van der Waals surface area contributed by atoms with Crippen LogP contribution in [-0.2, 0) is 0 Å². The topological polar surface area (TPSA) is 35.5 Å². The van der Waals surface area contributed by atoms with Crippen LogP contribution >= 0.6 is 0 Å². The van der Waals surface area contributed by atoms with Crippen LogP contribution in [0.25, 0.3) is 0 Å². The number of nitrogens with zero attached hydrogens (tertiary/aromatic N) is 1. The molecule has 1 aliphatic heterocycles. The number of aliphatic hydroxyl groups is 1. The van der Waals surface area contributed by atoms with Crippen molar-refractivity contribution in [2.45, 2.75) is 58.4 Å². The van der Waals surface area contributed by atoms with E-state index in [0.29, 0.717) is 6.61 Å². The van der Waals surface area contributed by atoms with E-state index in [4.69, 9.17) is 5.11 Å². The minimum Gasteiger partial charge on any atom is -0.396 e. The summed E-state index contributed by atoms with van der Waals surface area (Å²) in [7, 11) is 0. The third-order valence-corrected chi connectivity index (χ3v) is 5.34. The largest absolute Gasteiger partial charge is 0.396 e. The highest BCUT2D eigenvalue weighted by Crippen LogP contribution is 2.31. The molecule has 118 valence electrons. The molecule has 2 rings (SSSR count). The molecule has 0 bridgehead atoms. The summed E-state index contributed by atoms with van der Waals surface area (Å²) in [6.45, 7) is 9.86. The first-order valence-electron chi connectivity index (χ1n) is 8.79. The fourth-order valence-corrected chi connectivity index (χ4v) is 4.30. The van der Waals surface area contributed by atoms with Gasteiger partial charge in [0, 0.05) is 25.7 Å². The zero-order valence-corrected chi connectivity index (χ0v) is 13.5. The molecule has 1 saturated carbocycles. The van der Waals surface area contributed by atoms with E-state index < -0.39 is 0 Å². The van der Waals surface area contributed by atoms with Crippen molar-refractivity contribution in [3.8, 4) is 0 Å². The quantitative estimate of drug-likeness (QED) is 0.786. The Hall–Kier alpha value is -0.120. The summed E-state index contributed by atoms with van der Waals surface area (Å²) in [5.74, 6) is 2.45. The molecule has 3 heteroatoms. The van der Waals surface area contributed by atoms with Gasteiger partial charge in [0.25, 0.3) is 0 Å². The average Bonchev–Trinajstić information content (AvgIpc) is 2.43. The molecule has 2 aliphatic rings. The lowest BCUT2D eigenvalue weighted by molar-refractivity contribution is 0.0991. The van der Waals surface area contributed by atoms with E-state index in [1.165, 1.54) is 51.7 Å². The molecule has 0 radical (unpaired) electrons. The Morgan fingerprint density at radius 2 is 2.10 bits per heavy atom. The fraction of sp³-hybridized carbons (Fsp3) is 1.00. The van der Waals surface area contributed by atoms with Crippen LogP contribution in [0.15, 0.2) is 0 Å². The van der Waals surface area contributed by atoms with Crippen molar-refractivity contribution in [2.75, 3.05) is 32.8 Å². The number of rotatable bonds is 6. The highest BCUT2D eigenvalue weighted by atomic mass is 16.3. The lowest BCUT2D eigenvalue weighted by Gasteiger charge is -2.41. The zero-order chi connectivity index (χ0) is 14.4. The van der Waals surface area contributed by atoms with E-state index in [1.807, 2.05) is 0 Å². The van der Waals surface area contributed by atoms with Crippen molar-refractivity contribution in [3.63, 3.8) is 0 Å². The van der Waals surface area contributed by atoms with Crippen LogP contribution in [0.1, 0.15) is 52.4 Å². The second-order valence-corrected chi connectivity index (χ2v) is 7.12. The summed E-state index contributed by atoms with van der Waals surface area (Å²) < 4.78 is 0. The Labute approximate surface area is 125 Å². The van der Waals surface area contributed by atoms with Gasteiger partial charge in [0.15, 0.2) is 0 Å². The van der Waals surface area contributed by atoms with Crippen LogP contribution in [0, 0.1) is 17.8 Å². The van der Waals surface area contributed by atoms with Crippen LogP contribution in [0.5, 0.6) is 0 Å². The monoisotopic (exact) mass is 282 g/mol. The maximum Gasteiger partial charge on any atom is 0.0434 e. The molecular weight excluding hydrogens is 248 g/mol. The van der Waals surface area contributed by atoms with Gasteiger partial charge in [-0.25, -0.2) is 0 Å². The van der Waals surface area contributed by atoms with Crippen molar-refractivity contribution in [1.82, 2.24) is 10.2 Å². The SMILES string of the molecule is CCNC1CCC(C)CC1CN1CCCC(CCO)C1. The molecule has 1 aliphatic carbocycles. The lowest BCUT2D eigenvalue weighted by Crippen LogP contribution is -2.47. The van der Waals surface area contributed by atoms with Gasteiger partial charge in [-0.2, -0.15) is 0 Å². The Morgan fingerprint density at radius 1 is 1.25 bits per heavy atom. The molecule has 0 aromatic heterocycles. The number of likely N-dealkylation sites (tertiary alicyclic amines) is 1. The Morgan fingerprint density at radius 3 is 2.85 bits per heavy atom. The van der Waals surface area contributed by atoms with Crippen molar-refractivity contribution < 1.29 is 5.11 Å². The molecule has 2 fully saturated rings. The van der Waals surface area contributed by atoms with E-state index in [9.17, 15) is 0 Å². The van der Waals surface area contributed by atoms with Crippen LogP contribution in [-0.4, -0.2) is 48.8 Å². The van der Waals surface area contributed by atoms with Gasteiger partial charge in [0.1, 0.15) is 0 Å². The highest BCUT2D eigenvalue weighted by Gasteiger charge is 2.30. The van der Waals surface area contributed by atoms with Crippen molar-refractivity contribution in [1.29, 1.82) is 0 Å². The number of piperidine rings is 1. The van der Waals surface area contributed by atoms with Crippen molar-refractivity contribution in [2.24, 2.45) is 17.8 Å². The number of nitrogens with one attached hydrogen (secondary N) is 1. The molecule has 1 heterocycles. The van der Waals surface area contributed by atoms with Crippen LogP contribution in [0.4, 0.5) is 0 Å². The van der Waals surface area contributed by atoms with Crippen LogP contribution < -0.4 is 5.32 Å². The van der Waals surface area contributed by atoms with Gasteiger partial charge in [-0.1, -0.05) is 13.8 Å². The second kappa shape index (κ2) is 8.35. The van der Waals surface area contributed by atoms with Gasteiger partial charge in [-0.15, -0.1) is 0 Å². The normalized spacial score (nSPS) is 36.1. The Balaban J connectivity index is 1.85. The number of hydrogen-bond donors (Lipinski definition) is 2. The van der Waals surface area contributed by atoms with Gasteiger partial charge in [-0.05, 0) is 69.4 Å². The van der Waals surface area contributed by atoms with E-state index in [1.54, 1.807) is 0 Å². The smallest absolute Gasteiger partial charge is 0.0434 e. The highest BCUT2D eigenvalue weighted by molar-refractivity contribution is 4.86. The van der Waals surface area contributed by atoms with Crippen LogP contribution in [0.2, 0.25) is 0 Å². The minimum atomic E-state index is 0.360. The minimum absolute atomic E-state index is 0.360. The third-order valence-electron chi connectivity index (χ3n) is 5.34. The number of hydrogen-bond acceptors (Lipinski definition) is 3. The summed E-state index contributed by atoms with van der Waals surface area (Å²) >= 11 is 0. The molecule has 0 aromatic carbocycles. The van der Waals surface area contributed by atoms with Gasteiger partial charge >= 0.3 is 0 Å². The van der Waals surface area contributed by atoms with E-state index in [-0.39, 0.29) is 0 Å². The molecule has 3 nitrogen and oxygen atoms in total. The summed E-state index contributed by atoms with van der Waals surface area (Å²) in [5, 5.41) is 12.9. The van der Waals surface area contributed by atoms with Crippen molar-refractivity contribution >= 4 is 0 Å². The standard InChI is InChI=1S/C17H34N2O/c1-3-18-17-7-6-14(2)11-16(17)13-19-9-4-5-15(12-19)8-10-20/h14-18,20H,3-13H2,1-2H3. The summed E-state index contributed by atoms with van der Waals surface area (Å²) in [6, 6.07) is 0.731. The molecule has 0 amide bonds. The molecule has 2 N–H and O–H groups in total. The molecule has 4 unspecified atom stereocenters. The molecular formula is C17H34N2O. The maximum atomic E-state index is 9.14. The summed E-state index contributed by atoms with van der Waals surface area (Å²) in [4.78, 5) is 2.68. The Kier molecular flexibility index (Phi) is 6.79. The van der Waals surface area contributed by atoms with Crippen LogP contribution in [0.3, 0.4) is 0 Å². The molecule has 4 atom stereocenters. The molecule has 1 saturated heterocycles. The predicted molar refractivity (Wildman–Crippen MR) is 84.8 cm³/mol. The summed E-state index contributed by atoms with van der Waals surface area (Å²) in [6.07, 6.45) is 7.76. The first-order valence-corrected chi connectivity index (χ1v) is 8.79. The second-order valence-electron chi connectivity index (χ2n) is 7.12. The number of aliphatic hydroxyl groups excluding tert-OH is 1. The van der Waals surface area contributed by atoms with Gasteiger partial charge in [0.2, 0.25) is 0 Å². The molecule has 20 heavy (non-hydrogen) atoms. The van der Waals surface area contributed by atoms with E-state index in [0.717, 1.165) is 36.8 Å². The third kappa shape index (κ3) is 4.71. The van der Waals surface area contributed by atoms with E-state index in [2.05, 4.69) is 24.1 Å². The molecule has 0 aromatic rings. The van der Waals surface area contributed by atoms with Gasteiger partial charge < -0.3 is 15.3 Å². The lowest BCUT2D eigenvalue weighted by atomic mass is 9.78. The van der Waals surface area contributed by atoms with Gasteiger partial charge in [0.05, 0.1) is 0 Å². The zero-order valence-electron chi connectivity index (χ0n) is 13.5. The molecule has 0 spiro atoms. The first kappa shape index (κ1) is 16.3. The summed E-state index contributed by atoms with van der Waals surface area (Å²) in [5.41, 5.74) is 0. The predicted octanol–water partition coefficient (Wildman–Crippen LogP) is 2.50. The van der Waals surface area contributed by atoms with Gasteiger partial charge in [-0.3, -0.25) is 0 Å². The first-order chi connectivity index (χ1) is 9.72. The van der Waals surface area contributed by atoms with Crippen molar-refractivity contribution in [3.05, 3.63) is 0 Å². The fourth-order valence-electron chi connectivity index (χ4n) is 4.30. The van der Waals surface area contributed by atoms with E-state index >= 15 is 0 Å². The average molecular weight is 282 g/mol. The Bertz CT molecular complexity index is 270.